The van der Waals surface area contributed by atoms with Crippen LogP contribution in [0.2, 0.25) is 5.02 Å². The molecule has 0 saturated carbocycles. The molecule has 0 radical (unpaired) electrons. The quantitative estimate of drug-likeness (QED) is 0.933. The predicted molar refractivity (Wildman–Crippen MR) is 77.9 cm³/mol. The molecule has 1 aliphatic heterocycles. The number of hydrogen-bond acceptors (Lipinski definition) is 3. The number of para-hydroxylation sites is 1. The molecular weight excluding hydrogens is 266 g/mol. The van der Waals surface area contributed by atoms with Gasteiger partial charge in [-0.2, -0.15) is 11.8 Å². The Morgan fingerprint density at radius 2 is 2.39 bits per heavy atom. The maximum absolute atomic E-state index is 6.31. The third kappa shape index (κ3) is 2.35. The molecule has 3 nitrogen and oxygen atoms in total. The lowest BCUT2D eigenvalue weighted by molar-refractivity contribution is 0.811. The van der Waals surface area contributed by atoms with E-state index < -0.39 is 0 Å². The monoisotopic (exact) mass is 279 g/mol. The van der Waals surface area contributed by atoms with Gasteiger partial charge in [0.25, 0.3) is 0 Å². The predicted octanol–water partition coefficient (Wildman–Crippen LogP) is 3.44. The van der Waals surface area contributed by atoms with Crippen LogP contribution in [0.15, 0.2) is 36.9 Å². The average molecular weight is 280 g/mol. The van der Waals surface area contributed by atoms with E-state index in [0.29, 0.717) is 6.04 Å². The van der Waals surface area contributed by atoms with Crippen LogP contribution >= 0.6 is 23.4 Å². The number of nitrogens with zero attached hydrogens (tertiary/aromatic N) is 2. The average Bonchev–Trinajstić information content (AvgIpc) is 3.01. The highest BCUT2D eigenvalue weighted by Crippen LogP contribution is 2.30. The number of imidazole rings is 1. The topological polar surface area (TPSA) is 29.9 Å². The van der Waals surface area contributed by atoms with Gasteiger partial charge in [0.2, 0.25) is 0 Å². The molecule has 1 N–H and O–H groups in total. The Bertz CT molecular complexity index is 521. The van der Waals surface area contributed by atoms with Gasteiger partial charge >= 0.3 is 0 Å². The fraction of sp³-hybridized carbons (Fsp3) is 0.308. The van der Waals surface area contributed by atoms with E-state index >= 15 is 0 Å². The van der Waals surface area contributed by atoms with Crippen LogP contribution in [0.25, 0.3) is 5.69 Å². The normalized spacial score (nSPS) is 19.1. The molecule has 1 aromatic carbocycles. The number of aromatic nitrogens is 2. The van der Waals surface area contributed by atoms with Gasteiger partial charge in [-0.3, -0.25) is 0 Å². The van der Waals surface area contributed by atoms with E-state index in [-0.39, 0.29) is 0 Å². The number of thioether (sulfide) groups is 1. The molecule has 1 aromatic heterocycles. The van der Waals surface area contributed by atoms with Crippen molar-refractivity contribution >= 4 is 29.1 Å². The largest absolute Gasteiger partial charge is 0.380 e. The molecule has 1 aliphatic rings. The lowest BCUT2D eigenvalue weighted by Gasteiger charge is -2.18. The fourth-order valence-corrected chi connectivity index (χ4v) is 3.58. The van der Waals surface area contributed by atoms with Crippen LogP contribution in [-0.4, -0.2) is 27.1 Å². The fourth-order valence-electron chi connectivity index (χ4n) is 2.15. The molecular formula is C13H14ClN3S. The SMILES string of the molecule is Clc1cccc(NC2CCSC2)c1-n1ccnc1. The van der Waals surface area contributed by atoms with Crippen LogP contribution in [0.3, 0.4) is 0 Å². The molecule has 0 spiro atoms. The number of hydrogen-bond donors (Lipinski definition) is 1. The molecule has 1 atom stereocenters. The first kappa shape index (κ1) is 11.9. The highest BCUT2D eigenvalue weighted by molar-refractivity contribution is 7.99. The second-order valence-electron chi connectivity index (χ2n) is 4.31. The summed E-state index contributed by atoms with van der Waals surface area (Å²) in [6.45, 7) is 0. The van der Waals surface area contributed by atoms with Gasteiger partial charge in [0.15, 0.2) is 0 Å². The summed E-state index contributed by atoms with van der Waals surface area (Å²) < 4.78 is 1.95. The standard InChI is InChI=1S/C13H14ClN3S/c14-11-2-1-3-12(16-10-4-7-18-8-10)13(11)17-6-5-15-9-17/h1-3,5-6,9-10,16H,4,7-8H2. The third-order valence-electron chi connectivity index (χ3n) is 3.04. The van der Waals surface area contributed by atoms with E-state index in [1.54, 1.807) is 12.5 Å². The Labute approximate surface area is 116 Å². The van der Waals surface area contributed by atoms with Crippen LogP contribution in [0.5, 0.6) is 0 Å². The Morgan fingerprint density at radius 3 is 3.11 bits per heavy atom. The van der Waals surface area contributed by atoms with Crippen molar-refractivity contribution in [3.8, 4) is 5.69 Å². The molecule has 3 rings (SSSR count). The first-order chi connectivity index (χ1) is 8.84. The van der Waals surface area contributed by atoms with Gasteiger partial charge in [-0.1, -0.05) is 17.7 Å². The molecule has 1 unspecified atom stereocenters. The minimum absolute atomic E-state index is 0.538. The number of rotatable bonds is 3. The summed E-state index contributed by atoms with van der Waals surface area (Å²) in [4.78, 5) is 4.09. The van der Waals surface area contributed by atoms with Gasteiger partial charge in [-0.05, 0) is 24.3 Å². The smallest absolute Gasteiger partial charge is 0.0992 e. The number of benzene rings is 1. The van der Waals surface area contributed by atoms with Crippen molar-refractivity contribution in [2.45, 2.75) is 12.5 Å². The summed E-state index contributed by atoms with van der Waals surface area (Å²) in [5.74, 6) is 2.40. The van der Waals surface area contributed by atoms with E-state index in [4.69, 9.17) is 11.6 Å². The van der Waals surface area contributed by atoms with Crippen molar-refractivity contribution in [1.29, 1.82) is 0 Å². The van der Waals surface area contributed by atoms with Gasteiger partial charge in [0.05, 0.1) is 22.7 Å². The van der Waals surface area contributed by atoms with E-state index in [1.165, 1.54) is 12.2 Å². The summed E-state index contributed by atoms with van der Waals surface area (Å²) in [6, 6.07) is 6.50. The van der Waals surface area contributed by atoms with Crippen molar-refractivity contribution < 1.29 is 0 Å². The summed E-state index contributed by atoms with van der Waals surface area (Å²) in [5.41, 5.74) is 2.06. The molecule has 1 fully saturated rings. The van der Waals surface area contributed by atoms with Gasteiger partial charge in [-0.25, -0.2) is 4.98 Å². The highest BCUT2D eigenvalue weighted by atomic mass is 35.5. The summed E-state index contributed by atoms with van der Waals surface area (Å²) in [6.07, 6.45) is 6.66. The van der Waals surface area contributed by atoms with Crippen LogP contribution in [0.1, 0.15) is 6.42 Å². The maximum Gasteiger partial charge on any atom is 0.0992 e. The number of anilines is 1. The van der Waals surface area contributed by atoms with Crippen molar-refractivity contribution in [2.75, 3.05) is 16.8 Å². The summed E-state index contributed by atoms with van der Waals surface area (Å²) >= 11 is 8.31. The Balaban J connectivity index is 1.95. The zero-order valence-electron chi connectivity index (χ0n) is 9.84. The van der Waals surface area contributed by atoms with Gasteiger partial charge in [0, 0.05) is 24.2 Å². The van der Waals surface area contributed by atoms with Crippen LogP contribution in [0.4, 0.5) is 5.69 Å². The summed E-state index contributed by atoms with van der Waals surface area (Å²) in [7, 11) is 0. The van der Waals surface area contributed by atoms with Crippen molar-refractivity contribution in [1.82, 2.24) is 9.55 Å². The number of nitrogens with one attached hydrogen (secondary N) is 1. The second-order valence-corrected chi connectivity index (χ2v) is 5.87. The van der Waals surface area contributed by atoms with Crippen LogP contribution < -0.4 is 5.32 Å². The van der Waals surface area contributed by atoms with E-state index in [9.17, 15) is 0 Å². The zero-order chi connectivity index (χ0) is 12.4. The minimum atomic E-state index is 0.538. The molecule has 5 heteroatoms. The van der Waals surface area contributed by atoms with Crippen molar-refractivity contribution in [3.63, 3.8) is 0 Å². The number of halogens is 1. The second kappa shape index (κ2) is 5.24. The summed E-state index contributed by atoms with van der Waals surface area (Å²) in [5, 5.41) is 4.32. The van der Waals surface area contributed by atoms with Crippen LogP contribution in [-0.2, 0) is 0 Å². The molecule has 18 heavy (non-hydrogen) atoms. The lowest BCUT2D eigenvalue weighted by Crippen LogP contribution is -2.19. The third-order valence-corrected chi connectivity index (χ3v) is 4.51. The van der Waals surface area contributed by atoms with Crippen LogP contribution in [0, 0.1) is 0 Å². The van der Waals surface area contributed by atoms with E-state index in [1.807, 2.05) is 34.7 Å². The Morgan fingerprint density at radius 1 is 1.44 bits per heavy atom. The Hall–Kier alpha value is -1.13. The molecule has 2 aromatic rings. The molecule has 2 heterocycles. The maximum atomic E-state index is 6.31. The molecule has 94 valence electrons. The van der Waals surface area contributed by atoms with Gasteiger partial charge < -0.3 is 9.88 Å². The van der Waals surface area contributed by atoms with Gasteiger partial charge in [0.1, 0.15) is 0 Å². The van der Waals surface area contributed by atoms with E-state index in [0.717, 1.165) is 22.2 Å². The Kier molecular flexibility index (Phi) is 3.48. The highest BCUT2D eigenvalue weighted by Gasteiger charge is 2.17. The first-order valence-corrected chi connectivity index (χ1v) is 7.49. The van der Waals surface area contributed by atoms with Gasteiger partial charge in [-0.15, -0.1) is 0 Å². The van der Waals surface area contributed by atoms with Crippen molar-refractivity contribution in [3.05, 3.63) is 41.9 Å². The molecule has 0 bridgehead atoms. The molecule has 0 amide bonds. The minimum Gasteiger partial charge on any atom is -0.380 e. The lowest BCUT2D eigenvalue weighted by atomic mass is 10.2. The first-order valence-electron chi connectivity index (χ1n) is 5.96. The zero-order valence-corrected chi connectivity index (χ0v) is 11.4. The molecule has 1 saturated heterocycles. The van der Waals surface area contributed by atoms with E-state index in [2.05, 4.69) is 16.4 Å². The molecule has 0 aliphatic carbocycles. The van der Waals surface area contributed by atoms with Crippen molar-refractivity contribution in [2.24, 2.45) is 0 Å².